The molecule has 1 aliphatic rings. The highest BCUT2D eigenvalue weighted by atomic mass is 16.3. The van der Waals surface area contributed by atoms with Gasteiger partial charge in [0.2, 0.25) is 6.04 Å². The number of nitrogens with zero attached hydrogens (tertiary/aromatic N) is 4. The first-order valence-corrected chi connectivity index (χ1v) is 13.7. The summed E-state index contributed by atoms with van der Waals surface area (Å²) in [6.07, 6.45) is 6.55. The summed E-state index contributed by atoms with van der Waals surface area (Å²) in [5.74, 6) is -0.603. The summed E-state index contributed by atoms with van der Waals surface area (Å²) in [7, 11) is 0. The second-order valence-electron chi connectivity index (χ2n) is 9.74. The number of nitrogens with one attached hydrogen (secondary N) is 1. The van der Waals surface area contributed by atoms with Crippen LogP contribution >= 0.6 is 0 Å². The van der Waals surface area contributed by atoms with Crippen LogP contribution in [0.1, 0.15) is 50.2 Å². The smallest absolute Gasteiger partial charge is 0.280 e. The number of carbonyl (C=O) groups excluding carboxylic acids is 2. The van der Waals surface area contributed by atoms with E-state index < -0.39 is 17.9 Å². The molecule has 1 unspecified atom stereocenters. The van der Waals surface area contributed by atoms with Crippen molar-refractivity contribution in [2.45, 2.75) is 57.9 Å². The molecule has 3 aromatic carbocycles. The molecule has 0 fully saturated rings. The van der Waals surface area contributed by atoms with E-state index in [-0.39, 0.29) is 17.2 Å². The predicted molar refractivity (Wildman–Crippen MR) is 155 cm³/mol. The van der Waals surface area contributed by atoms with Gasteiger partial charge in [0.05, 0.1) is 11.4 Å². The number of para-hydroxylation sites is 1. The van der Waals surface area contributed by atoms with E-state index in [9.17, 15) is 19.8 Å². The minimum absolute atomic E-state index is 0.0219. The number of anilines is 1. The second kappa shape index (κ2) is 14.0. The number of hydrazone groups is 1. The molecule has 1 aliphatic heterocycles. The Labute approximate surface area is 234 Å². The Morgan fingerprint density at radius 2 is 1.70 bits per heavy atom. The summed E-state index contributed by atoms with van der Waals surface area (Å²) in [5.41, 5.74) is 2.78. The average molecular weight is 542 g/mol. The van der Waals surface area contributed by atoms with E-state index in [0.717, 1.165) is 31.2 Å². The van der Waals surface area contributed by atoms with Crippen LogP contribution in [0, 0.1) is 0 Å². The fourth-order valence-corrected chi connectivity index (χ4v) is 4.40. The molecule has 40 heavy (non-hydrogen) atoms. The first kappa shape index (κ1) is 28.5. The summed E-state index contributed by atoms with van der Waals surface area (Å²) in [4.78, 5) is 26.3. The summed E-state index contributed by atoms with van der Waals surface area (Å²) < 4.78 is 0. The molecule has 3 aromatic rings. The van der Waals surface area contributed by atoms with Crippen molar-refractivity contribution in [3.8, 4) is 11.5 Å². The molecule has 208 valence electrons. The molecule has 0 saturated carbocycles. The monoisotopic (exact) mass is 541 g/mol. The predicted octanol–water partition coefficient (Wildman–Crippen LogP) is 5.82. The van der Waals surface area contributed by atoms with Gasteiger partial charge in [0.1, 0.15) is 11.5 Å². The number of phenolic OH excluding ortho intramolecular Hbond substituents is 2. The van der Waals surface area contributed by atoms with E-state index in [0.29, 0.717) is 36.3 Å². The van der Waals surface area contributed by atoms with E-state index in [4.69, 9.17) is 0 Å². The van der Waals surface area contributed by atoms with Crippen LogP contribution in [0.4, 0.5) is 11.4 Å². The van der Waals surface area contributed by atoms with Crippen molar-refractivity contribution < 1.29 is 19.8 Å². The van der Waals surface area contributed by atoms with Crippen LogP contribution in [0.15, 0.2) is 88.1 Å². The van der Waals surface area contributed by atoms with Gasteiger partial charge in [-0.1, -0.05) is 62.9 Å². The highest BCUT2D eigenvalue weighted by Gasteiger charge is 2.40. The molecule has 0 radical (unpaired) electrons. The average Bonchev–Trinajstić information content (AvgIpc) is 3.31. The quantitative estimate of drug-likeness (QED) is 0.143. The Morgan fingerprint density at radius 3 is 2.45 bits per heavy atom. The Balaban J connectivity index is 1.42. The topological polar surface area (TPSA) is 127 Å². The maximum atomic E-state index is 13.3. The molecule has 4 rings (SSSR count). The molecule has 1 heterocycles. The Bertz CT molecular complexity index is 1360. The Morgan fingerprint density at radius 1 is 0.950 bits per heavy atom. The van der Waals surface area contributed by atoms with Gasteiger partial charge in [-0.3, -0.25) is 9.59 Å². The van der Waals surface area contributed by atoms with E-state index in [2.05, 4.69) is 27.6 Å². The summed E-state index contributed by atoms with van der Waals surface area (Å²) >= 11 is 0. The molecule has 0 aromatic heterocycles. The van der Waals surface area contributed by atoms with Crippen molar-refractivity contribution >= 4 is 28.9 Å². The van der Waals surface area contributed by atoms with Gasteiger partial charge in [-0.15, -0.1) is 0 Å². The van der Waals surface area contributed by atoms with E-state index in [1.165, 1.54) is 23.6 Å². The van der Waals surface area contributed by atoms with Gasteiger partial charge in [-0.25, -0.2) is 0 Å². The number of unbranched alkanes of at least 4 members (excludes halogenated alkanes) is 4. The fourth-order valence-electron chi connectivity index (χ4n) is 4.40. The van der Waals surface area contributed by atoms with Crippen molar-refractivity contribution in [1.29, 1.82) is 0 Å². The van der Waals surface area contributed by atoms with Crippen LogP contribution in [0.5, 0.6) is 11.5 Å². The number of phenols is 2. The fraction of sp³-hybridized carbons (Fsp3) is 0.323. The Kier molecular flexibility index (Phi) is 9.99. The molecule has 9 heteroatoms. The van der Waals surface area contributed by atoms with Crippen LogP contribution in [0.2, 0.25) is 0 Å². The van der Waals surface area contributed by atoms with Crippen LogP contribution in [-0.2, 0) is 22.4 Å². The van der Waals surface area contributed by atoms with Gasteiger partial charge >= 0.3 is 0 Å². The standard InChI is InChI=1S/C31H35N5O4/c1-2-3-4-5-9-20-32-30(39)28-29(31(40)36(35-28)25-10-7-6-8-11-25)34-33-24-16-13-22(14-17-24)12-15-23-21-26(37)18-19-27(23)38/h6-8,10-11,13-14,16-19,21,29,37-38H,2-5,9,12,15,20H2,1H3,(H,32,39). The minimum Gasteiger partial charge on any atom is -0.508 e. The number of rotatable bonds is 13. The molecule has 0 saturated heterocycles. The van der Waals surface area contributed by atoms with Crippen molar-refractivity contribution in [2.24, 2.45) is 15.3 Å². The van der Waals surface area contributed by atoms with Crippen molar-refractivity contribution in [3.63, 3.8) is 0 Å². The Hall–Kier alpha value is -4.53. The van der Waals surface area contributed by atoms with Gasteiger partial charge in [0.15, 0.2) is 5.71 Å². The number of carbonyl (C=O) groups is 2. The first-order chi connectivity index (χ1) is 19.5. The van der Waals surface area contributed by atoms with Crippen LogP contribution < -0.4 is 10.3 Å². The lowest BCUT2D eigenvalue weighted by atomic mass is 10.0. The number of amides is 2. The lowest BCUT2D eigenvalue weighted by molar-refractivity contribution is -0.119. The van der Waals surface area contributed by atoms with Crippen LogP contribution in [0.25, 0.3) is 0 Å². The third-order valence-electron chi connectivity index (χ3n) is 6.68. The van der Waals surface area contributed by atoms with Gasteiger partial charge < -0.3 is 15.5 Å². The van der Waals surface area contributed by atoms with Gasteiger partial charge in [-0.05, 0) is 72.9 Å². The second-order valence-corrected chi connectivity index (χ2v) is 9.74. The van der Waals surface area contributed by atoms with Crippen LogP contribution in [-0.4, -0.2) is 40.3 Å². The van der Waals surface area contributed by atoms with Crippen molar-refractivity contribution in [3.05, 3.63) is 83.9 Å². The number of azo groups is 1. The van der Waals surface area contributed by atoms with Crippen molar-refractivity contribution in [2.75, 3.05) is 11.6 Å². The normalized spacial score (nSPS) is 15.0. The van der Waals surface area contributed by atoms with Crippen LogP contribution in [0.3, 0.4) is 0 Å². The SMILES string of the molecule is CCCCCCCNC(=O)C1=NN(c2ccccc2)C(=O)C1N=Nc1ccc(CCc2cc(O)ccc2O)cc1. The first-order valence-electron chi connectivity index (χ1n) is 13.7. The highest BCUT2D eigenvalue weighted by molar-refractivity contribution is 6.47. The molecule has 3 N–H and O–H groups in total. The maximum absolute atomic E-state index is 13.3. The molecule has 0 aliphatic carbocycles. The summed E-state index contributed by atoms with van der Waals surface area (Å²) in [6.45, 7) is 2.66. The van der Waals surface area contributed by atoms with Gasteiger partial charge in [0.25, 0.3) is 11.8 Å². The third kappa shape index (κ3) is 7.53. The van der Waals surface area contributed by atoms with Gasteiger partial charge in [-0.2, -0.15) is 20.3 Å². The molecule has 0 bridgehead atoms. The number of aromatic hydroxyl groups is 2. The third-order valence-corrected chi connectivity index (χ3v) is 6.68. The zero-order chi connectivity index (χ0) is 28.3. The van der Waals surface area contributed by atoms with E-state index >= 15 is 0 Å². The lowest BCUT2D eigenvalue weighted by Crippen LogP contribution is -2.39. The molecule has 2 amide bonds. The number of hydrogen-bond donors (Lipinski definition) is 3. The summed E-state index contributed by atoms with van der Waals surface area (Å²) in [5, 5.41) is 36.6. The summed E-state index contributed by atoms with van der Waals surface area (Å²) in [6, 6.07) is 19.6. The number of aryl methyl sites for hydroxylation is 2. The molecule has 9 nitrogen and oxygen atoms in total. The number of benzene rings is 3. The maximum Gasteiger partial charge on any atom is 0.280 e. The minimum atomic E-state index is -1.14. The zero-order valence-electron chi connectivity index (χ0n) is 22.7. The number of hydrogen-bond acceptors (Lipinski definition) is 7. The lowest BCUT2D eigenvalue weighted by Gasteiger charge is -2.11. The van der Waals surface area contributed by atoms with E-state index in [1.807, 2.05) is 18.2 Å². The molecular weight excluding hydrogens is 506 g/mol. The van der Waals surface area contributed by atoms with E-state index in [1.54, 1.807) is 42.5 Å². The van der Waals surface area contributed by atoms with Crippen molar-refractivity contribution in [1.82, 2.24) is 5.32 Å². The highest BCUT2D eigenvalue weighted by Crippen LogP contribution is 2.25. The molecule has 0 spiro atoms. The molecular formula is C31H35N5O4. The molecule has 1 atom stereocenters. The largest absolute Gasteiger partial charge is 0.508 e. The van der Waals surface area contributed by atoms with Gasteiger partial charge in [0, 0.05) is 6.54 Å². The zero-order valence-corrected chi connectivity index (χ0v) is 22.7.